The third kappa shape index (κ3) is 11.3. The van der Waals surface area contributed by atoms with Crippen molar-refractivity contribution in [3.8, 4) is 0 Å². The highest BCUT2D eigenvalue weighted by molar-refractivity contribution is 5.70. The molecule has 1 aliphatic heterocycles. The van der Waals surface area contributed by atoms with Gasteiger partial charge in [0.2, 0.25) is 0 Å². The molecule has 0 aromatic rings. The predicted molar refractivity (Wildman–Crippen MR) is 161 cm³/mol. The number of carbonyl (C=O) groups excluding carboxylic acids is 3. The summed E-state index contributed by atoms with van der Waals surface area (Å²) in [5, 5.41) is 0. The van der Waals surface area contributed by atoms with Gasteiger partial charge in [-0.25, -0.2) is 4.79 Å². The summed E-state index contributed by atoms with van der Waals surface area (Å²) in [6.45, 7) is 5.78. The number of nitrogens with zero attached hydrogens (tertiary/aromatic N) is 1. The molecular weight excluding hydrogens is 534 g/mol. The molecule has 4 saturated carbocycles. The standard InChI is InChI=1S/C34H57NO7/c1-2-3-4-5-6-7-8-12-31(36)40-24-30(26-42-33(38)39-16-11-15-35-13-9-10-14-35)25-41-32(37)23-34-20-27-17-28(21-34)19-29(18-27)22-34/h27-30H,2-26H2,1H3. The summed E-state index contributed by atoms with van der Waals surface area (Å²) in [5.41, 5.74) is 0.111. The van der Waals surface area contributed by atoms with E-state index in [1.165, 1.54) is 57.8 Å². The fourth-order valence-electron chi connectivity index (χ4n) is 8.41. The van der Waals surface area contributed by atoms with Crippen LogP contribution in [0.3, 0.4) is 0 Å². The molecule has 0 N–H and O–H groups in total. The van der Waals surface area contributed by atoms with Crippen molar-refractivity contribution < 1.29 is 33.3 Å². The van der Waals surface area contributed by atoms with Gasteiger partial charge in [0, 0.05) is 13.0 Å². The number of unbranched alkanes of at least 4 members (excludes halogenated alkanes) is 6. The van der Waals surface area contributed by atoms with Crippen LogP contribution >= 0.6 is 0 Å². The summed E-state index contributed by atoms with van der Waals surface area (Å²) >= 11 is 0. The largest absolute Gasteiger partial charge is 0.508 e. The lowest BCUT2D eigenvalue weighted by molar-refractivity contribution is -0.155. The van der Waals surface area contributed by atoms with Crippen LogP contribution in [-0.4, -0.2) is 69.1 Å². The number of likely N-dealkylation sites (tertiary alicyclic amines) is 1. The second-order valence-electron chi connectivity index (χ2n) is 14.0. The predicted octanol–water partition coefficient (Wildman–Crippen LogP) is 7.08. The highest BCUT2D eigenvalue weighted by atomic mass is 16.7. The van der Waals surface area contributed by atoms with E-state index < -0.39 is 12.1 Å². The summed E-state index contributed by atoms with van der Waals surface area (Å²) in [6.07, 6.45) is 18.8. The fraction of sp³-hybridized carbons (Fsp3) is 0.912. The Morgan fingerprint density at radius 2 is 1.29 bits per heavy atom. The second-order valence-corrected chi connectivity index (χ2v) is 14.0. The van der Waals surface area contributed by atoms with Crippen molar-refractivity contribution in [2.24, 2.45) is 29.1 Å². The molecule has 1 saturated heterocycles. The Kier molecular flexibility index (Phi) is 13.7. The molecule has 0 radical (unpaired) electrons. The molecule has 5 fully saturated rings. The maximum atomic E-state index is 13.0. The van der Waals surface area contributed by atoms with E-state index in [0.29, 0.717) is 19.4 Å². The Labute approximate surface area is 253 Å². The maximum Gasteiger partial charge on any atom is 0.508 e. The van der Waals surface area contributed by atoms with Crippen molar-refractivity contribution >= 4 is 18.1 Å². The van der Waals surface area contributed by atoms with Gasteiger partial charge in [0.25, 0.3) is 0 Å². The highest BCUT2D eigenvalue weighted by Crippen LogP contribution is 2.61. The Morgan fingerprint density at radius 3 is 1.93 bits per heavy atom. The first-order valence-electron chi connectivity index (χ1n) is 17.3. The molecule has 0 aromatic carbocycles. The second kappa shape index (κ2) is 17.5. The van der Waals surface area contributed by atoms with Gasteiger partial charge in [-0.1, -0.05) is 45.4 Å². The van der Waals surface area contributed by atoms with Crippen molar-refractivity contribution in [1.82, 2.24) is 4.90 Å². The van der Waals surface area contributed by atoms with E-state index in [1.54, 1.807) is 0 Å². The lowest BCUT2D eigenvalue weighted by Gasteiger charge is -2.56. The van der Waals surface area contributed by atoms with Gasteiger partial charge in [-0.3, -0.25) is 9.59 Å². The Morgan fingerprint density at radius 1 is 0.714 bits per heavy atom. The van der Waals surface area contributed by atoms with Gasteiger partial charge in [0.15, 0.2) is 0 Å². The van der Waals surface area contributed by atoms with Crippen LogP contribution in [0.4, 0.5) is 4.79 Å². The van der Waals surface area contributed by atoms with Crippen molar-refractivity contribution in [1.29, 1.82) is 0 Å². The fourth-order valence-corrected chi connectivity index (χ4v) is 8.41. The van der Waals surface area contributed by atoms with E-state index >= 15 is 0 Å². The van der Waals surface area contributed by atoms with E-state index in [0.717, 1.165) is 82.3 Å². The van der Waals surface area contributed by atoms with Gasteiger partial charge in [-0.15, -0.1) is 0 Å². The number of rotatable bonds is 20. The van der Waals surface area contributed by atoms with Gasteiger partial charge in [0.05, 0.1) is 18.9 Å². The molecule has 1 heterocycles. The van der Waals surface area contributed by atoms with Gasteiger partial charge in [-0.2, -0.15) is 0 Å². The van der Waals surface area contributed by atoms with Crippen LogP contribution in [0.2, 0.25) is 0 Å². The van der Waals surface area contributed by atoms with E-state index in [2.05, 4.69) is 11.8 Å². The minimum atomic E-state index is -0.726. The molecule has 5 rings (SSSR count). The summed E-state index contributed by atoms with van der Waals surface area (Å²) < 4.78 is 21.9. The molecule has 8 heteroatoms. The zero-order valence-corrected chi connectivity index (χ0v) is 26.3. The van der Waals surface area contributed by atoms with Crippen molar-refractivity contribution in [2.45, 2.75) is 122 Å². The average Bonchev–Trinajstić information content (AvgIpc) is 3.47. The van der Waals surface area contributed by atoms with E-state index in [-0.39, 0.29) is 37.2 Å². The summed E-state index contributed by atoms with van der Waals surface area (Å²) in [7, 11) is 0. The van der Waals surface area contributed by atoms with Gasteiger partial charge < -0.3 is 23.8 Å². The van der Waals surface area contributed by atoms with Crippen LogP contribution in [0.5, 0.6) is 0 Å². The third-order valence-corrected chi connectivity index (χ3v) is 10.1. The molecule has 4 aliphatic carbocycles. The van der Waals surface area contributed by atoms with Crippen molar-refractivity contribution in [2.75, 3.05) is 46.1 Å². The smallest absolute Gasteiger partial charge is 0.465 e. The number of hydrogen-bond acceptors (Lipinski definition) is 8. The molecule has 0 spiro atoms. The van der Waals surface area contributed by atoms with E-state index in [4.69, 9.17) is 18.9 Å². The lowest BCUT2D eigenvalue weighted by Crippen LogP contribution is -2.47. The van der Waals surface area contributed by atoms with Crippen LogP contribution in [0, 0.1) is 29.1 Å². The molecule has 1 atom stereocenters. The molecular formula is C34H57NO7. The maximum absolute atomic E-state index is 13.0. The van der Waals surface area contributed by atoms with Crippen LogP contribution in [-0.2, 0) is 28.5 Å². The number of carbonyl (C=O) groups is 3. The third-order valence-electron chi connectivity index (χ3n) is 10.1. The first-order chi connectivity index (χ1) is 20.4. The first-order valence-corrected chi connectivity index (χ1v) is 17.3. The molecule has 1 unspecified atom stereocenters. The van der Waals surface area contributed by atoms with Crippen molar-refractivity contribution in [3.63, 3.8) is 0 Å². The molecule has 5 aliphatic rings. The molecule has 4 bridgehead atoms. The Balaban J connectivity index is 1.16. The van der Waals surface area contributed by atoms with Gasteiger partial charge in [-0.05, 0) is 100 Å². The van der Waals surface area contributed by atoms with Gasteiger partial charge >= 0.3 is 18.1 Å². The van der Waals surface area contributed by atoms with E-state index in [9.17, 15) is 14.4 Å². The van der Waals surface area contributed by atoms with Crippen LogP contribution in [0.1, 0.15) is 122 Å². The average molecular weight is 592 g/mol. The first kappa shape index (κ1) is 33.1. The summed E-state index contributed by atoms with van der Waals surface area (Å²) in [4.78, 5) is 40.0. The van der Waals surface area contributed by atoms with Crippen molar-refractivity contribution in [3.05, 3.63) is 0 Å². The zero-order valence-electron chi connectivity index (χ0n) is 26.3. The minimum absolute atomic E-state index is 0.0136. The SMILES string of the molecule is CCCCCCCCCC(=O)OCC(COC(=O)CC12CC3CC(CC(C3)C1)C2)COC(=O)OCCCN1CCCC1. The lowest BCUT2D eigenvalue weighted by atomic mass is 9.49. The normalized spacial score (nSPS) is 27.1. The monoisotopic (exact) mass is 591 g/mol. The quantitative estimate of drug-likeness (QED) is 0.0843. The van der Waals surface area contributed by atoms with Crippen LogP contribution in [0.25, 0.3) is 0 Å². The summed E-state index contributed by atoms with van der Waals surface area (Å²) in [5.74, 6) is 1.49. The van der Waals surface area contributed by atoms with E-state index in [1.807, 2.05) is 0 Å². The molecule has 0 amide bonds. The number of hydrogen-bond donors (Lipinski definition) is 0. The minimum Gasteiger partial charge on any atom is -0.465 e. The molecule has 0 aromatic heterocycles. The van der Waals surface area contributed by atoms with Gasteiger partial charge in [0.1, 0.15) is 19.8 Å². The van der Waals surface area contributed by atoms with Crippen LogP contribution in [0.15, 0.2) is 0 Å². The Bertz CT molecular complexity index is 804. The highest BCUT2D eigenvalue weighted by Gasteiger charge is 2.51. The summed E-state index contributed by atoms with van der Waals surface area (Å²) in [6, 6.07) is 0. The topological polar surface area (TPSA) is 91.4 Å². The number of esters is 2. The number of ether oxygens (including phenoxy) is 4. The zero-order chi connectivity index (χ0) is 29.6. The Hall–Kier alpha value is -1.83. The molecule has 42 heavy (non-hydrogen) atoms. The van der Waals surface area contributed by atoms with Crippen LogP contribution < -0.4 is 0 Å². The molecule has 8 nitrogen and oxygen atoms in total. The molecule has 240 valence electrons.